The molecule has 1 aromatic heterocycles. The Labute approximate surface area is 267 Å². The van der Waals surface area contributed by atoms with Crippen molar-refractivity contribution in [3.63, 3.8) is 0 Å². The van der Waals surface area contributed by atoms with Gasteiger partial charge in [-0.25, -0.2) is 19.2 Å². The predicted molar refractivity (Wildman–Crippen MR) is 170 cm³/mol. The lowest BCUT2D eigenvalue weighted by Crippen LogP contribution is -2.49. The van der Waals surface area contributed by atoms with E-state index in [1.807, 2.05) is 11.9 Å². The minimum Gasteiger partial charge on any atom is -0.493 e. The quantitative estimate of drug-likeness (QED) is 0.236. The molecule has 1 unspecified atom stereocenters. The summed E-state index contributed by atoms with van der Waals surface area (Å²) in [6, 6.07) is 7.77. The van der Waals surface area contributed by atoms with E-state index in [1.165, 1.54) is 19.5 Å². The zero-order chi connectivity index (χ0) is 32.7. The highest BCUT2D eigenvalue weighted by atomic mass is 35.5. The number of alkyl carbamates (subject to hydrolysis) is 1. The van der Waals surface area contributed by atoms with E-state index in [0.29, 0.717) is 54.2 Å². The van der Waals surface area contributed by atoms with Crippen molar-refractivity contribution in [3.8, 4) is 11.5 Å². The second-order valence-corrected chi connectivity index (χ2v) is 12.4. The number of ether oxygens (including phenoxy) is 4. The molecule has 13 heteroatoms. The number of halogens is 2. The van der Waals surface area contributed by atoms with Crippen molar-refractivity contribution in [2.75, 3.05) is 39.7 Å². The van der Waals surface area contributed by atoms with Crippen molar-refractivity contribution in [2.24, 2.45) is 5.92 Å². The third-order valence-electron chi connectivity index (χ3n) is 7.63. The first-order valence-corrected chi connectivity index (χ1v) is 15.2. The summed E-state index contributed by atoms with van der Waals surface area (Å²) in [5.41, 5.74) is 0.184. The minimum atomic E-state index is -0.592. The van der Waals surface area contributed by atoms with Crippen molar-refractivity contribution in [1.82, 2.24) is 20.2 Å². The van der Waals surface area contributed by atoms with E-state index in [2.05, 4.69) is 20.6 Å². The Bertz CT molecular complexity index is 1490. The molecule has 1 fully saturated rings. The molecule has 0 aliphatic heterocycles. The van der Waals surface area contributed by atoms with E-state index < -0.39 is 23.6 Å². The fourth-order valence-corrected chi connectivity index (χ4v) is 5.66. The first-order valence-electron chi connectivity index (χ1n) is 14.9. The summed E-state index contributed by atoms with van der Waals surface area (Å²) in [7, 11) is 4.79. The number of amides is 1. The van der Waals surface area contributed by atoms with Gasteiger partial charge in [0.2, 0.25) is 0 Å². The summed E-state index contributed by atoms with van der Waals surface area (Å²) in [5, 5.41) is 6.37. The maximum Gasteiger partial charge on any atom is 0.407 e. The summed E-state index contributed by atoms with van der Waals surface area (Å²) >= 11 is 5.96. The van der Waals surface area contributed by atoms with Crippen LogP contribution in [0.4, 0.5) is 20.7 Å². The first-order chi connectivity index (χ1) is 21.4. The Hall–Kier alpha value is -3.90. The Morgan fingerprint density at radius 1 is 1.11 bits per heavy atom. The van der Waals surface area contributed by atoms with Crippen LogP contribution in [0, 0.1) is 11.7 Å². The normalized spacial score (nSPS) is 17.4. The largest absolute Gasteiger partial charge is 0.493 e. The molecule has 244 valence electrons. The van der Waals surface area contributed by atoms with E-state index in [4.69, 9.17) is 30.5 Å². The van der Waals surface area contributed by atoms with Gasteiger partial charge in [0.25, 0.3) is 0 Å². The Balaban J connectivity index is 1.43. The number of hydrogen-bond acceptors (Lipinski definition) is 10. The second-order valence-electron chi connectivity index (χ2n) is 12.0. The SMILES string of the molecule is COC(=O)C(C1CCC(Oc2cc3c(Nc4cccc(Cl)c4F)ncnc3cc2OC)CC1)N(C)CCNC(=O)OC(C)(C)C. The van der Waals surface area contributed by atoms with Crippen LogP contribution < -0.4 is 20.1 Å². The van der Waals surface area contributed by atoms with E-state index in [9.17, 15) is 14.0 Å². The summed E-state index contributed by atoms with van der Waals surface area (Å²) in [6.45, 7) is 6.17. The van der Waals surface area contributed by atoms with Crippen LogP contribution in [0.3, 0.4) is 0 Å². The lowest BCUT2D eigenvalue weighted by molar-refractivity contribution is -0.149. The van der Waals surface area contributed by atoms with E-state index in [1.54, 1.807) is 52.1 Å². The molecule has 2 N–H and O–H groups in total. The fraction of sp³-hybridized carbons (Fsp3) is 0.500. The number of nitrogens with one attached hydrogen (secondary N) is 2. The van der Waals surface area contributed by atoms with Gasteiger partial charge in [0.1, 0.15) is 23.8 Å². The highest BCUT2D eigenvalue weighted by molar-refractivity contribution is 6.31. The second kappa shape index (κ2) is 14.9. The van der Waals surface area contributed by atoms with Crippen LogP contribution in [0.2, 0.25) is 5.02 Å². The smallest absolute Gasteiger partial charge is 0.407 e. The molecule has 0 bridgehead atoms. The topological polar surface area (TPSA) is 124 Å². The van der Waals surface area contributed by atoms with Crippen LogP contribution >= 0.6 is 11.6 Å². The van der Waals surface area contributed by atoms with Crippen LogP contribution in [0.5, 0.6) is 11.5 Å². The number of esters is 1. The van der Waals surface area contributed by atoms with Gasteiger partial charge in [-0.15, -0.1) is 0 Å². The molecular weight excluding hydrogens is 605 g/mol. The maximum atomic E-state index is 14.6. The molecule has 3 aromatic rings. The molecule has 1 saturated carbocycles. The number of methoxy groups -OCH3 is 2. The average molecular weight is 646 g/mol. The van der Waals surface area contributed by atoms with Crippen molar-refractivity contribution < 1.29 is 32.9 Å². The molecule has 1 atom stereocenters. The summed E-state index contributed by atoms with van der Waals surface area (Å²) < 4.78 is 37.1. The molecular formula is C32H41ClFN5O6. The summed E-state index contributed by atoms with van der Waals surface area (Å²) in [4.78, 5) is 35.5. The molecule has 11 nitrogen and oxygen atoms in total. The molecule has 1 amide bonds. The zero-order valence-electron chi connectivity index (χ0n) is 26.5. The van der Waals surface area contributed by atoms with Gasteiger partial charge in [-0.1, -0.05) is 17.7 Å². The van der Waals surface area contributed by atoms with Gasteiger partial charge in [-0.05, 0) is 77.6 Å². The van der Waals surface area contributed by atoms with Gasteiger partial charge in [0.15, 0.2) is 17.3 Å². The number of benzene rings is 2. The number of nitrogens with zero attached hydrogens (tertiary/aromatic N) is 3. The Morgan fingerprint density at radius 3 is 2.51 bits per heavy atom. The van der Waals surface area contributed by atoms with Gasteiger partial charge >= 0.3 is 12.1 Å². The number of hydrogen-bond donors (Lipinski definition) is 2. The monoisotopic (exact) mass is 645 g/mol. The summed E-state index contributed by atoms with van der Waals surface area (Å²) in [6.07, 6.45) is 3.62. The van der Waals surface area contributed by atoms with Gasteiger partial charge in [-0.3, -0.25) is 9.69 Å². The van der Waals surface area contributed by atoms with Crippen molar-refractivity contribution in [3.05, 3.63) is 47.5 Å². The number of rotatable bonds is 11. The predicted octanol–water partition coefficient (Wildman–Crippen LogP) is 6.11. The van der Waals surface area contributed by atoms with Crippen molar-refractivity contribution in [1.29, 1.82) is 0 Å². The lowest BCUT2D eigenvalue weighted by Gasteiger charge is -2.37. The summed E-state index contributed by atoms with van der Waals surface area (Å²) in [5.74, 6) is 0.552. The number of carbonyl (C=O) groups is 2. The standard InChI is InChI=1S/C32H41ClFN5O6/c1-32(2,3)45-31(41)35-14-15-39(4)28(30(40)43-6)19-10-12-20(13-11-19)44-26-16-21-24(17-25(26)42-5)36-18-37-29(21)38-23-9-7-8-22(33)27(23)34/h7-9,16-20,28H,10-15H2,1-6H3,(H,35,41)(H,36,37,38). The van der Waals surface area contributed by atoms with Crippen LogP contribution in [-0.4, -0.2) is 79.0 Å². The van der Waals surface area contributed by atoms with Crippen LogP contribution in [-0.2, 0) is 14.3 Å². The lowest BCUT2D eigenvalue weighted by atomic mass is 9.82. The third kappa shape index (κ3) is 8.85. The molecule has 0 spiro atoms. The molecule has 1 aliphatic rings. The van der Waals surface area contributed by atoms with Crippen molar-refractivity contribution in [2.45, 2.75) is 64.2 Å². The molecule has 0 saturated heterocycles. The Kier molecular flexibility index (Phi) is 11.3. The maximum absolute atomic E-state index is 14.6. The average Bonchev–Trinajstić information content (AvgIpc) is 2.99. The number of likely N-dealkylation sites (N-methyl/N-ethyl adjacent to an activating group) is 1. The number of aromatic nitrogens is 2. The van der Waals surface area contributed by atoms with Crippen LogP contribution in [0.15, 0.2) is 36.7 Å². The highest BCUT2D eigenvalue weighted by Crippen LogP contribution is 2.38. The van der Waals surface area contributed by atoms with E-state index >= 15 is 0 Å². The van der Waals surface area contributed by atoms with Crippen LogP contribution in [0.25, 0.3) is 10.9 Å². The number of fused-ring (bicyclic) bond motifs is 1. The van der Waals surface area contributed by atoms with Crippen molar-refractivity contribution >= 4 is 46.1 Å². The first kappa shape index (κ1) is 34.0. The fourth-order valence-electron chi connectivity index (χ4n) is 5.49. The third-order valence-corrected chi connectivity index (χ3v) is 7.93. The highest BCUT2D eigenvalue weighted by Gasteiger charge is 2.36. The number of anilines is 2. The van der Waals surface area contributed by atoms with Gasteiger partial charge in [0.05, 0.1) is 36.6 Å². The van der Waals surface area contributed by atoms with Gasteiger partial charge in [0, 0.05) is 24.5 Å². The molecule has 2 aromatic carbocycles. The molecule has 0 radical (unpaired) electrons. The number of carbonyl (C=O) groups excluding carboxylic acids is 2. The molecule has 1 heterocycles. The van der Waals surface area contributed by atoms with Crippen LogP contribution in [0.1, 0.15) is 46.5 Å². The molecule has 4 rings (SSSR count). The van der Waals surface area contributed by atoms with Gasteiger partial charge < -0.3 is 29.6 Å². The minimum absolute atomic E-state index is 0.00208. The molecule has 45 heavy (non-hydrogen) atoms. The zero-order valence-corrected chi connectivity index (χ0v) is 27.2. The van der Waals surface area contributed by atoms with Gasteiger partial charge in [-0.2, -0.15) is 0 Å². The van der Waals surface area contributed by atoms with E-state index in [-0.39, 0.29) is 28.7 Å². The van der Waals surface area contributed by atoms with E-state index in [0.717, 1.165) is 12.8 Å². The molecule has 1 aliphatic carbocycles. The Morgan fingerprint density at radius 2 is 1.84 bits per heavy atom.